The van der Waals surface area contributed by atoms with Crippen LogP contribution in [0.4, 0.5) is 4.39 Å². The zero-order valence-electron chi connectivity index (χ0n) is 5.92. The van der Waals surface area contributed by atoms with E-state index in [4.69, 9.17) is 12.2 Å². The minimum absolute atomic E-state index is 0.280. The molecule has 0 saturated heterocycles. The van der Waals surface area contributed by atoms with E-state index in [2.05, 4.69) is 5.92 Å². The van der Waals surface area contributed by atoms with E-state index in [9.17, 15) is 4.39 Å². The number of benzene rings is 1. The molecule has 1 aromatic carbocycles. The maximum Gasteiger partial charge on any atom is 0.123 e. The second kappa shape index (κ2) is 3.18. The maximum atomic E-state index is 12.4. The highest BCUT2D eigenvalue weighted by atomic mass is 19.1. The van der Waals surface area contributed by atoms with Crippen molar-refractivity contribution < 1.29 is 4.39 Å². The summed E-state index contributed by atoms with van der Waals surface area (Å²) in [7, 11) is 0. The molecule has 2 N–H and O–H groups in total. The van der Waals surface area contributed by atoms with Crippen LogP contribution in [0.5, 0.6) is 0 Å². The highest BCUT2D eigenvalue weighted by Gasteiger charge is 1.99. The van der Waals surface area contributed by atoms with Gasteiger partial charge in [0.1, 0.15) is 5.82 Å². The Morgan fingerprint density at radius 2 is 1.91 bits per heavy atom. The Morgan fingerprint density at radius 1 is 1.36 bits per heavy atom. The zero-order valence-corrected chi connectivity index (χ0v) is 5.92. The van der Waals surface area contributed by atoms with Crippen molar-refractivity contribution in [1.29, 1.82) is 0 Å². The van der Waals surface area contributed by atoms with Crippen molar-refractivity contribution in [2.75, 3.05) is 0 Å². The molecule has 0 aliphatic rings. The number of terminal acetylenes is 1. The average molecular weight is 149 g/mol. The van der Waals surface area contributed by atoms with E-state index in [1.165, 1.54) is 12.1 Å². The number of rotatable bonds is 1. The quantitative estimate of drug-likeness (QED) is 0.601. The Hall–Kier alpha value is -1.33. The monoisotopic (exact) mass is 149 g/mol. The lowest BCUT2D eigenvalue weighted by Gasteiger charge is -2.02. The minimum Gasteiger partial charge on any atom is -0.314 e. The first kappa shape index (κ1) is 7.77. The molecule has 0 aliphatic heterocycles. The van der Waals surface area contributed by atoms with Gasteiger partial charge in [-0.1, -0.05) is 18.1 Å². The van der Waals surface area contributed by atoms with Crippen molar-refractivity contribution in [3.63, 3.8) is 0 Å². The molecule has 1 rings (SSSR count). The molecule has 0 bridgehead atoms. The first-order valence-corrected chi connectivity index (χ1v) is 3.21. The summed E-state index contributed by atoms with van der Waals surface area (Å²) in [6.45, 7) is 0. The predicted octanol–water partition coefficient (Wildman–Crippen LogP) is 1.46. The number of nitrogens with two attached hydrogens (primary N) is 1. The van der Waals surface area contributed by atoms with E-state index >= 15 is 0 Å². The van der Waals surface area contributed by atoms with Crippen LogP contribution in [-0.4, -0.2) is 0 Å². The third-order valence-electron chi connectivity index (χ3n) is 1.41. The summed E-state index contributed by atoms with van der Waals surface area (Å²) in [5.74, 6) is 2.08. The van der Waals surface area contributed by atoms with Gasteiger partial charge in [0.25, 0.3) is 0 Å². The van der Waals surface area contributed by atoms with Crippen molar-refractivity contribution in [3.8, 4) is 12.3 Å². The highest BCUT2D eigenvalue weighted by molar-refractivity contribution is 5.25. The van der Waals surface area contributed by atoms with Crippen LogP contribution in [0, 0.1) is 18.2 Å². The second-order valence-corrected chi connectivity index (χ2v) is 2.20. The lowest BCUT2D eigenvalue weighted by molar-refractivity contribution is 0.626. The standard InChI is InChI=1S/C9H8FN/c1-2-9(11)7-3-5-8(10)6-4-7/h1,3-6,9H,11H2. The molecular formula is C9H8FN. The minimum atomic E-state index is -0.435. The zero-order chi connectivity index (χ0) is 8.27. The van der Waals surface area contributed by atoms with Crippen LogP contribution in [-0.2, 0) is 0 Å². The van der Waals surface area contributed by atoms with Crippen LogP contribution in [0.3, 0.4) is 0 Å². The van der Waals surface area contributed by atoms with Gasteiger partial charge in [0, 0.05) is 0 Å². The Kier molecular flexibility index (Phi) is 2.25. The normalized spacial score (nSPS) is 12.1. The SMILES string of the molecule is C#CC(N)c1ccc(F)cc1. The van der Waals surface area contributed by atoms with Gasteiger partial charge < -0.3 is 5.73 Å². The van der Waals surface area contributed by atoms with Gasteiger partial charge in [-0.3, -0.25) is 0 Å². The maximum absolute atomic E-state index is 12.4. The molecule has 0 aromatic heterocycles. The summed E-state index contributed by atoms with van der Waals surface area (Å²) in [4.78, 5) is 0. The molecule has 1 unspecified atom stereocenters. The van der Waals surface area contributed by atoms with Gasteiger partial charge in [-0.25, -0.2) is 4.39 Å². The van der Waals surface area contributed by atoms with Crippen molar-refractivity contribution in [1.82, 2.24) is 0 Å². The van der Waals surface area contributed by atoms with Gasteiger partial charge in [-0.2, -0.15) is 0 Å². The molecule has 0 saturated carbocycles. The van der Waals surface area contributed by atoms with Crippen LogP contribution in [0.25, 0.3) is 0 Å². The summed E-state index contributed by atoms with van der Waals surface area (Å²) in [6, 6.07) is 5.41. The van der Waals surface area contributed by atoms with Crippen LogP contribution in [0.15, 0.2) is 24.3 Å². The largest absolute Gasteiger partial charge is 0.314 e. The molecule has 11 heavy (non-hydrogen) atoms. The third kappa shape index (κ3) is 1.79. The molecule has 2 heteroatoms. The summed E-state index contributed by atoms with van der Waals surface area (Å²) >= 11 is 0. The molecule has 1 aromatic rings. The fraction of sp³-hybridized carbons (Fsp3) is 0.111. The Labute approximate surface area is 65.0 Å². The third-order valence-corrected chi connectivity index (χ3v) is 1.41. The summed E-state index contributed by atoms with van der Waals surface area (Å²) in [5.41, 5.74) is 6.24. The molecule has 0 amide bonds. The molecule has 0 spiro atoms. The summed E-state index contributed by atoms with van der Waals surface area (Å²) < 4.78 is 12.4. The Balaban J connectivity index is 2.92. The molecule has 1 atom stereocenters. The smallest absolute Gasteiger partial charge is 0.123 e. The molecule has 56 valence electrons. The second-order valence-electron chi connectivity index (χ2n) is 2.20. The van der Waals surface area contributed by atoms with Crippen LogP contribution >= 0.6 is 0 Å². The lowest BCUT2D eigenvalue weighted by atomic mass is 10.1. The van der Waals surface area contributed by atoms with Gasteiger partial charge in [-0.05, 0) is 17.7 Å². The first-order valence-electron chi connectivity index (χ1n) is 3.21. The van der Waals surface area contributed by atoms with E-state index in [1.807, 2.05) is 0 Å². The predicted molar refractivity (Wildman–Crippen MR) is 42.2 cm³/mol. The van der Waals surface area contributed by atoms with Crippen LogP contribution in [0.1, 0.15) is 11.6 Å². The summed E-state index contributed by atoms with van der Waals surface area (Å²) in [5, 5.41) is 0. The number of hydrogen-bond donors (Lipinski definition) is 1. The van der Waals surface area contributed by atoms with Crippen molar-refractivity contribution in [2.24, 2.45) is 5.73 Å². The van der Waals surface area contributed by atoms with E-state index in [0.717, 1.165) is 5.56 Å². The topological polar surface area (TPSA) is 26.0 Å². The van der Waals surface area contributed by atoms with Gasteiger partial charge in [0.15, 0.2) is 0 Å². The lowest BCUT2D eigenvalue weighted by Crippen LogP contribution is -2.06. The first-order chi connectivity index (χ1) is 5.24. The van der Waals surface area contributed by atoms with E-state index in [-0.39, 0.29) is 5.82 Å². The van der Waals surface area contributed by atoms with Gasteiger partial charge in [0.05, 0.1) is 6.04 Å². The average Bonchev–Trinajstić information content (AvgIpc) is 2.05. The fourth-order valence-electron chi connectivity index (χ4n) is 0.766. The molecule has 1 nitrogen and oxygen atoms in total. The van der Waals surface area contributed by atoms with E-state index in [0.29, 0.717) is 0 Å². The molecule has 0 heterocycles. The van der Waals surface area contributed by atoms with Crippen LogP contribution in [0.2, 0.25) is 0 Å². The van der Waals surface area contributed by atoms with E-state index in [1.54, 1.807) is 12.1 Å². The van der Waals surface area contributed by atoms with Crippen molar-refractivity contribution in [3.05, 3.63) is 35.6 Å². The Bertz CT molecular complexity index is 271. The summed E-state index contributed by atoms with van der Waals surface area (Å²) in [6.07, 6.45) is 5.07. The number of hydrogen-bond acceptors (Lipinski definition) is 1. The number of halogens is 1. The van der Waals surface area contributed by atoms with Crippen LogP contribution < -0.4 is 5.73 Å². The molecule has 0 radical (unpaired) electrons. The fourth-order valence-corrected chi connectivity index (χ4v) is 0.766. The van der Waals surface area contributed by atoms with Gasteiger partial charge in [-0.15, -0.1) is 6.42 Å². The molecular weight excluding hydrogens is 141 g/mol. The Morgan fingerprint density at radius 3 is 2.36 bits per heavy atom. The molecule has 0 fully saturated rings. The highest BCUT2D eigenvalue weighted by Crippen LogP contribution is 2.09. The molecule has 0 aliphatic carbocycles. The van der Waals surface area contributed by atoms with Crippen molar-refractivity contribution in [2.45, 2.75) is 6.04 Å². The van der Waals surface area contributed by atoms with Gasteiger partial charge in [0.2, 0.25) is 0 Å². The van der Waals surface area contributed by atoms with Crippen molar-refractivity contribution >= 4 is 0 Å². The van der Waals surface area contributed by atoms with E-state index < -0.39 is 6.04 Å². The van der Waals surface area contributed by atoms with Gasteiger partial charge >= 0.3 is 0 Å².